The molecule has 3 rings (SSSR count). The molecule has 22 heavy (non-hydrogen) atoms. The van der Waals surface area contributed by atoms with Crippen molar-refractivity contribution in [2.75, 3.05) is 19.8 Å². The monoisotopic (exact) mass is 301 g/mol. The predicted molar refractivity (Wildman–Crippen MR) is 80.1 cm³/mol. The van der Waals surface area contributed by atoms with Gasteiger partial charge in [0.15, 0.2) is 0 Å². The first kappa shape index (κ1) is 14.8. The normalized spacial score (nSPS) is 23.0. The van der Waals surface area contributed by atoms with Crippen LogP contribution in [0.5, 0.6) is 0 Å². The van der Waals surface area contributed by atoms with E-state index in [9.17, 15) is 9.59 Å². The van der Waals surface area contributed by atoms with Gasteiger partial charge in [0.2, 0.25) is 0 Å². The molecule has 2 fully saturated rings. The van der Waals surface area contributed by atoms with Crippen molar-refractivity contribution < 1.29 is 19.1 Å². The standard InChI is InChI=1S/C17H19NO4/c19-16(7-6-13-8-10-21-11-9-13)18-15(12-22-17(18)20)14-4-2-1-3-5-14/h1-7,13,15H,8-12H2. The summed E-state index contributed by atoms with van der Waals surface area (Å²) in [5, 5.41) is 0. The van der Waals surface area contributed by atoms with Crippen LogP contribution >= 0.6 is 0 Å². The average molecular weight is 301 g/mol. The Bertz CT molecular complexity index is 563. The summed E-state index contributed by atoms with van der Waals surface area (Å²) in [5.74, 6) is 0.0225. The van der Waals surface area contributed by atoms with Gasteiger partial charge < -0.3 is 9.47 Å². The number of amides is 2. The molecule has 116 valence electrons. The van der Waals surface area contributed by atoms with E-state index in [2.05, 4.69) is 0 Å². The number of ether oxygens (including phenoxy) is 2. The van der Waals surface area contributed by atoms with Gasteiger partial charge in [-0.05, 0) is 30.4 Å². The molecule has 0 bridgehead atoms. The number of rotatable bonds is 3. The second-order valence-corrected chi connectivity index (χ2v) is 5.52. The van der Waals surface area contributed by atoms with Gasteiger partial charge >= 0.3 is 6.09 Å². The minimum atomic E-state index is -0.574. The van der Waals surface area contributed by atoms with E-state index in [0.717, 1.165) is 31.6 Å². The summed E-state index contributed by atoms with van der Waals surface area (Å²) in [6, 6.07) is 9.13. The van der Waals surface area contributed by atoms with Crippen molar-refractivity contribution in [1.29, 1.82) is 0 Å². The first-order chi connectivity index (χ1) is 10.8. The van der Waals surface area contributed by atoms with Crippen molar-refractivity contribution in [2.45, 2.75) is 18.9 Å². The van der Waals surface area contributed by atoms with Crippen LogP contribution in [-0.2, 0) is 14.3 Å². The summed E-state index contributed by atoms with van der Waals surface area (Å²) in [4.78, 5) is 25.5. The van der Waals surface area contributed by atoms with Gasteiger partial charge in [-0.1, -0.05) is 36.4 Å². The van der Waals surface area contributed by atoms with Crippen molar-refractivity contribution in [3.63, 3.8) is 0 Å². The van der Waals surface area contributed by atoms with Gasteiger partial charge in [-0.15, -0.1) is 0 Å². The van der Waals surface area contributed by atoms with Crippen LogP contribution < -0.4 is 0 Å². The number of benzene rings is 1. The Labute approximate surface area is 129 Å². The highest BCUT2D eigenvalue weighted by molar-refractivity contribution is 5.99. The van der Waals surface area contributed by atoms with Gasteiger partial charge in [-0.3, -0.25) is 4.79 Å². The Balaban J connectivity index is 1.71. The molecule has 2 saturated heterocycles. The van der Waals surface area contributed by atoms with Gasteiger partial charge in [0.05, 0.1) is 0 Å². The number of hydrogen-bond donors (Lipinski definition) is 0. The van der Waals surface area contributed by atoms with E-state index in [4.69, 9.17) is 9.47 Å². The molecule has 2 amide bonds. The second-order valence-electron chi connectivity index (χ2n) is 5.52. The molecule has 5 nitrogen and oxygen atoms in total. The average Bonchev–Trinajstić information content (AvgIpc) is 2.96. The van der Waals surface area contributed by atoms with Gasteiger partial charge in [-0.2, -0.15) is 0 Å². The number of carbonyl (C=O) groups excluding carboxylic acids is 2. The minimum Gasteiger partial charge on any atom is -0.446 e. The molecular formula is C17H19NO4. The summed E-state index contributed by atoms with van der Waals surface area (Å²) < 4.78 is 10.4. The summed E-state index contributed by atoms with van der Waals surface area (Å²) in [5.41, 5.74) is 0.904. The summed E-state index contributed by atoms with van der Waals surface area (Å²) in [6.07, 6.45) is 4.64. The van der Waals surface area contributed by atoms with Crippen molar-refractivity contribution in [3.05, 3.63) is 48.0 Å². The maximum Gasteiger partial charge on any atom is 0.417 e. The molecule has 1 atom stereocenters. The number of hydrogen-bond acceptors (Lipinski definition) is 4. The molecule has 1 aromatic carbocycles. The second kappa shape index (κ2) is 6.75. The van der Waals surface area contributed by atoms with E-state index >= 15 is 0 Å². The van der Waals surface area contributed by atoms with Crippen LogP contribution in [0.1, 0.15) is 24.4 Å². The number of nitrogens with zero attached hydrogens (tertiary/aromatic N) is 1. The third-order valence-corrected chi connectivity index (χ3v) is 4.07. The highest BCUT2D eigenvalue weighted by atomic mass is 16.6. The lowest BCUT2D eigenvalue weighted by Gasteiger charge is -2.20. The fourth-order valence-corrected chi connectivity index (χ4v) is 2.79. The van der Waals surface area contributed by atoms with Crippen LogP contribution in [0.2, 0.25) is 0 Å². The number of carbonyl (C=O) groups is 2. The Kier molecular flexibility index (Phi) is 4.53. The molecule has 0 saturated carbocycles. The van der Waals surface area contributed by atoms with Crippen LogP contribution in [0.4, 0.5) is 4.79 Å². The van der Waals surface area contributed by atoms with E-state index in [-0.39, 0.29) is 18.6 Å². The zero-order chi connectivity index (χ0) is 15.4. The molecule has 0 aliphatic carbocycles. The van der Waals surface area contributed by atoms with Gasteiger partial charge in [0, 0.05) is 13.2 Å². The molecule has 2 heterocycles. The van der Waals surface area contributed by atoms with Gasteiger partial charge in [0.25, 0.3) is 5.91 Å². The molecule has 2 aliphatic rings. The van der Waals surface area contributed by atoms with E-state index < -0.39 is 6.09 Å². The number of cyclic esters (lactones) is 1. The molecule has 1 unspecified atom stereocenters. The SMILES string of the molecule is O=C(C=CC1CCOCC1)N1C(=O)OCC1c1ccccc1. The molecule has 0 radical (unpaired) electrons. The Morgan fingerprint density at radius 2 is 1.91 bits per heavy atom. The quantitative estimate of drug-likeness (QED) is 0.805. The van der Waals surface area contributed by atoms with E-state index in [1.165, 1.54) is 11.0 Å². The third kappa shape index (κ3) is 3.20. The first-order valence-electron chi connectivity index (χ1n) is 7.56. The zero-order valence-electron chi connectivity index (χ0n) is 12.3. The van der Waals surface area contributed by atoms with E-state index in [0.29, 0.717) is 5.92 Å². The van der Waals surface area contributed by atoms with Crippen LogP contribution in [-0.4, -0.2) is 36.7 Å². The summed E-state index contributed by atoms with van der Waals surface area (Å²) >= 11 is 0. The fourth-order valence-electron chi connectivity index (χ4n) is 2.79. The molecule has 5 heteroatoms. The topological polar surface area (TPSA) is 55.8 Å². The zero-order valence-corrected chi connectivity index (χ0v) is 12.3. The lowest BCUT2D eigenvalue weighted by molar-refractivity contribution is -0.124. The van der Waals surface area contributed by atoms with Crippen molar-refractivity contribution >= 4 is 12.0 Å². The van der Waals surface area contributed by atoms with Crippen LogP contribution in [0, 0.1) is 5.92 Å². The molecule has 0 N–H and O–H groups in total. The molecule has 0 aromatic heterocycles. The lowest BCUT2D eigenvalue weighted by Crippen LogP contribution is -2.33. The third-order valence-electron chi connectivity index (χ3n) is 4.07. The molecule has 1 aromatic rings. The van der Waals surface area contributed by atoms with Gasteiger partial charge in [0.1, 0.15) is 12.6 Å². The highest BCUT2D eigenvalue weighted by Crippen LogP contribution is 2.28. The number of imide groups is 1. The van der Waals surface area contributed by atoms with E-state index in [1.54, 1.807) is 0 Å². The molecule has 0 spiro atoms. The maximum atomic E-state index is 12.4. The predicted octanol–water partition coefficient (Wildman–Crippen LogP) is 2.69. The molecule has 2 aliphatic heterocycles. The Hall–Kier alpha value is -2.14. The minimum absolute atomic E-state index is 0.208. The summed E-state index contributed by atoms with van der Waals surface area (Å²) in [6.45, 7) is 1.66. The first-order valence-corrected chi connectivity index (χ1v) is 7.56. The highest BCUT2D eigenvalue weighted by Gasteiger charge is 2.37. The molecular weight excluding hydrogens is 282 g/mol. The van der Waals surface area contributed by atoms with Crippen LogP contribution in [0.25, 0.3) is 0 Å². The van der Waals surface area contributed by atoms with Crippen LogP contribution in [0.3, 0.4) is 0 Å². The smallest absolute Gasteiger partial charge is 0.417 e. The Morgan fingerprint density at radius 1 is 1.18 bits per heavy atom. The van der Waals surface area contributed by atoms with E-state index in [1.807, 2.05) is 36.4 Å². The number of allylic oxidation sites excluding steroid dienone is 1. The largest absolute Gasteiger partial charge is 0.446 e. The van der Waals surface area contributed by atoms with Crippen molar-refractivity contribution in [1.82, 2.24) is 4.90 Å². The summed E-state index contributed by atoms with van der Waals surface area (Å²) in [7, 11) is 0. The lowest BCUT2D eigenvalue weighted by atomic mass is 10.00. The maximum absolute atomic E-state index is 12.4. The van der Waals surface area contributed by atoms with Gasteiger partial charge in [-0.25, -0.2) is 9.69 Å². The Morgan fingerprint density at radius 3 is 2.64 bits per heavy atom. The van der Waals surface area contributed by atoms with Crippen molar-refractivity contribution in [2.24, 2.45) is 5.92 Å². The van der Waals surface area contributed by atoms with Crippen molar-refractivity contribution in [3.8, 4) is 0 Å². The van der Waals surface area contributed by atoms with Crippen LogP contribution in [0.15, 0.2) is 42.5 Å². The fraction of sp³-hybridized carbons (Fsp3) is 0.412.